The van der Waals surface area contributed by atoms with Crippen LogP contribution in [0.1, 0.15) is 52.9 Å². The van der Waals surface area contributed by atoms with Gasteiger partial charge in [-0.25, -0.2) is 0 Å². The average Bonchev–Trinajstić information content (AvgIpc) is 2.13. The van der Waals surface area contributed by atoms with E-state index in [4.69, 9.17) is 0 Å². The van der Waals surface area contributed by atoms with Crippen molar-refractivity contribution < 1.29 is 4.79 Å². The highest BCUT2D eigenvalue weighted by Crippen LogP contribution is 1.97. The number of hydrogen-bond donors (Lipinski definition) is 1. The number of hydrogen-bond acceptors (Lipinski definition) is 2. The molecule has 0 heterocycles. The van der Waals surface area contributed by atoms with E-state index < -0.39 is 0 Å². The number of carbonyl (C=O) groups is 1. The average molecular weight is 198 g/mol. The van der Waals surface area contributed by atoms with Crippen LogP contribution in [0.5, 0.6) is 0 Å². The maximum atomic E-state index is 10.9. The number of amidine groups is 1. The van der Waals surface area contributed by atoms with Crippen LogP contribution in [0.2, 0.25) is 0 Å². The fraction of sp³-hybridized carbons (Fsp3) is 0.818. The smallest absolute Gasteiger partial charge is 0.222 e. The van der Waals surface area contributed by atoms with E-state index in [1.165, 1.54) is 6.92 Å². The normalized spacial score (nSPS) is 11.5. The molecule has 3 heteroatoms. The van der Waals surface area contributed by atoms with Crippen LogP contribution in [0.3, 0.4) is 0 Å². The van der Waals surface area contributed by atoms with Gasteiger partial charge in [0.25, 0.3) is 0 Å². The molecular formula is C11H22N2O. The molecule has 14 heavy (non-hydrogen) atoms. The fourth-order valence-corrected chi connectivity index (χ4v) is 1.10. The first-order chi connectivity index (χ1) is 6.70. The molecule has 0 aliphatic carbocycles. The predicted octanol–water partition coefficient (Wildman–Crippen LogP) is 2.51. The lowest BCUT2D eigenvalue weighted by Gasteiger charge is -2.06. The zero-order valence-electron chi connectivity index (χ0n) is 9.60. The summed E-state index contributed by atoms with van der Waals surface area (Å²) < 4.78 is 0. The lowest BCUT2D eigenvalue weighted by atomic mass is 10.2. The minimum absolute atomic E-state index is 0.0173. The molecule has 0 aromatic carbocycles. The summed E-state index contributed by atoms with van der Waals surface area (Å²) in [5, 5.41) is 2.78. The van der Waals surface area contributed by atoms with Crippen molar-refractivity contribution in [3.8, 4) is 0 Å². The Bertz CT molecular complexity index is 188. The molecular weight excluding hydrogens is 176 g/mol. The summed E-state index contributed by atoms with van der Waals surface area (Å²) in [5.74, 6) is 0.837. The van der Waals surface area contributed by atoms with Crippen molar-refractivity contribution >= 4 is 11.7 Å². The summed E-state index contributed by atoms with van der Waals surface area (Å²) in [6.07, 6.45) is 5.34. The molecule has 0 saturated heterocycles. The van der Waals surface area contributed by atoms with Gasteiger partial charge in [-0.15, -0.1) is 0 Å². The third-order valence-electron chi connectivity index (χ3n) is 1.90. The summed E-state index contributed by atoms with van der Waals surface area (Å²) in [6.45, 7) is 6.63. The minimum Gasteiger partial charge on any atom is -0.315 e. The summed E-state index contributed by atoms with van der Waals surface area (Å²) in [7, 11) is 0. The van der Waals surface area contributed by atoms with Gasteiger partial charge >= 0.3 is 0 Å². The third kappa shape index (κ3) is 7.77. The van der Waals surface area contributed by atoms with Gasteiger partial charge in [0.1, 0.15) is 5.84 Å². The molecule has 0 aliphatic rings. The summed E-state index contributed by atoms with van der Waals surface area (Å²) in [4.78, 5) is 15.2. The van der Waals surface area contributed by atoms with Gasteiger partial charge in [0, 0.05) is 19.9 Å². The number of unbranched alkanes of at least 4 members (excludes halogenated alkanes) is 2. The fourth-order valence-electron chi connectivity index (χ4n) is 1.10. The Morgan fingerprint density at radius 3 is 2.36 bits per heavy atom. The minimum atomic E-state index is -0.0173. The van der Waals surface area contributed by atoms with Crippen LogP contribution in [0.15, 0.2) is 4.99 Å². The molecule has 1 N–H and O–H groups in total. The lowest BCUT2D eigenvalue weighted by molar-refractivity contribution is -0.117. The lowest BCUT2D eigenvalue weighted by Crippen LogP contribution is -2.28. The van der Waals surface area contributed by atoms with Gasteiger partial charge in [0.05, 0.1) is 0 Å². The Balaban J connectivity index is 3.94. The van der Waals surface area contributed by atoms with Crippen LogP contribution in [0.25, 0.3) is 0 Å². The van der Waals surface area contributed by atoms with Crippen molar-refractivity contribution in [1.82, 2.24) is 5.32 Å². The molecule has 1 amide bonds. The summed E-state index contributed by atoms with van der Waals surface area (Å²) >= 11 is 0. The Kier molecular flexibility index (Phi) is 8.19. The van der Waals surface area contributed by atoms with E-state index in [0.29, 0.717) is 0 Å². The van der Waals surface area contributed by atoms with E-state index in [-0.39, 0.29) is 5.91 Å². The van der Waals surface area contributed by atoms with Gasteiger partial charge in [0.2, 0.25) is 5.91 Å². The van der Waals surface area contributed by atoms with Crippen LogP contribution in [0, 0.1) is 0 Å². The third-order valence-corrected chi connectivity index (χ3v) is 1.90. The number of rotatable bonds is 6. The second-order valence-corrected chi connectivity index (χ2v) is 3.47. The molecule has 0 bridgehead atoms. The first-order valence-corrected chi connectivity index (χ1v) is 5.51. The topological polar surface area (TPSA) is 41.5 Å². The van der Waals surface area contributed by atoms with Crippen molar-refractivity contribution in [2.24, 2.45) is 4.99 Å². The molecule has 0 radical (unpaired) electrons. The van der Waals surface area contributed by atoms with Crippen LogP contribution in [-0.4, -0.2) is 18.3 Å². The molecule has 0 aromatic rings. The summed E-state index contributed by atoms with van der Waals surface area (Å²) in [6, 6.07) is 0. The van der Waals surface area contributed by atoms with Crippen LogP contribution < -0.4 is 5.32 Å². The van der Waals surface area contributed by atoms with Crippen LogP contribution in [-0.2, 0) is 4.79 Å². The van der Waals surface area contributed by atoms with E-state index >= 15 is 0 Å². The van der Waals surface area contributed by atoms with Crippen LogP contribution >= 0.6 is 0 Å². The van der Waals surface area contributed by atoms with Crippen molar-refractivity contribution in [3.05, 3.63) is 0 Å². The first-order valence-electron chi connectivity index (χ1n) is 5.51. The predicted molar refractivity (Wildman–Crippen MR) is 60.6 cm³/mol. The number of nitrogens with zero attached hydrogens (tertiary/aromatic N) is 1. The number of aliphatic imine (C=N–C) groups is 1. The molecule has 0 atom stereocenters. The second-order valence-electron chi connectivity index (χ2n) is 3.47. The SMILES string of the molecule is CCCC/N=C(\CCCC)NC(C)=O. The number of amides is 1. The molecule has 0 fully saturated rings. The highest BCUT2D eigenvalue weighted by atomic mass is 16.1. The molecule has 82 valence electrons. The van der Waals surface area contributed by atoms with E-state index in [2.05, 4.69) is 24.2 Å². The van der Waals surface area contributed by atoms with E-state index in [0.717, 1.165) is 44.5 Å². The van der Waals surface area contributed by atoms with Crippen molar-refractivity contribution in [1.29, 1.82) is 0 Å². The van der Waals surface area contributed by atoms with Gasteiger partial charge in [-0.1, -0.05) is 26.7 Å². The van der Waals surface area contributed by atoms with Gasteiger partial charge in [-0.3, -0.25) is 9.79 Å². The van der Waals surface area contributed by atoms with E-state index in [1.807, 2.05) is 0 Å². The largest absolute Gasteiger partial charge is 0.315 e. The Morgan fingerprint density at radius 1 is 1.21 bits per heavy atom. The van der Waals surface area contributed by atoms with Crippen molar-refractivity contribution in [2.75, 3.05) is 6.54 Å². The quantitative estimate of drug-likeness (QED) is 0.397. The molecule has 0 saturated carbocycles. The van der Waals surface area contributed by atoms with Gasteiger partial charge in [-0.2, -0.15) is 0 Å². The number of nitrogens with one attached hydrogen (secondary N) is 1. The molecule has 0 spiro atoms. The summed E-state index contributed by atoms with van der Waals surface area (Å²) in [5.41, 5.74) is 0. The Labute approximate surface area is 87.0 Å². The maximum absolute atomic E-state index is 10.9. The molecule has 3 nitrogen and oxygen atoms in total. The standard InChI is InChI=1S/C11H22N2O/c1-4-6-8-11(13-10(3)14)12-9-7-5-2/h4-9H2,1-3H3,(H,12,13,14). The number of carbonyl (C=O) groups excluding carboxylic acids is 1. The molecule has 0 aromatic heterocycles. The van der Waals surface area contributed by atoms with Crippen molar-refractivity contribution in [3.63, 3.8) is 0 Å². The Morgan fingerprint density at radius 2 is 1.86 bits per heavy atom. The highest BCUT2D eigenvalue weighted by Gasteiger charge is 2.00. The maximum Gasteiger partial charge on any atom is 0.222 e. The monoisotopic (exact) mass is 198 g/mol. The first kappa shape index (κ1) is 13.1. The highest BCUT2D eigenvalue weighted by molar-refractivity contribution is 5.97. The molecule has 0 unspecified atom stereocenters. The zero-order chi connectivity index (χ0) is 10.8. The van der Waals surface area contributed by atoms with Crippen LogP contribution in [0.4, 0.5) is 0 Å². The molecule has 0 rings (SSSR count). The Hall–Kier alpha value is -0.860. The zero-order valence-corrected chi connectivity index (χ0v) is 9.60. The van der Waals surface area contributed by atoms with E-state index in [9.17, 15) is 4.79 Å². The molecule has 0 aliphatic heterocycles. The van der Waals surface area contributed by atoms with E-state index in [1.54, 1.807) is 0 Å². The van der Waals surface area contributed by atoms with Crippen molar-refractivity contribution in [2.45, 2.75) is 52.9 Å². The van der Waals surface area contributed by atoms with Gasteiger partial charge in [-0.05, 0) is 12.8 Å². The van der Waals surface area contributed by atoms with Gasteiger partial charge < -0.3 is 5.32 Å². The second kappa shape index (κ2) is 8.73. The van der Waals surface area contributed by atoms with Gasteiger partial charge in [0.15, 0.2) is 0 Å².